The highest BCUT2D eigenvalue weighted by atomic mass is 15.1. The molecule has 0 bridgehead atoms. The van der Waals surface area contributed by atoms with Gasteiger partial charge in [0.15, 0.2) is 0 Å². The molecule has 0 N–H and O–H groups in total. The second-order valence-electron chi connectivity index (χ2n) is 5.28. The van der Waals surface area contributed by atoms with Crippen LogP contribution in [0.15, 0.2) is 48.5 Å². The van der Waals surface area contributed by atoms with Gasteiger partial charge in [-0.25, -0.2) is 0 Å². The molecule has 1 atom stereocenters. The molecule has 0 saturated carbocycles. The van der Waals surface area contributed by atoms with E-state index < -0.39 is 0 Å². The van der Waals surface area contributed by atoms with Gasteiger partial charge in [-0.15, -0.1) is 0 Å². The van der Waals surface area contributed by atoms with Gasteiger partial charge >= 0.3 is 0 Å². The zero-order chi connectivity index (χ0) is 12.5. The fraction of sp³-hybridized carbons (Fsp3) is 0.294. The maximum Gasteiger partial charge on any atom is 0.0169 e. The maximum atomic E-state index is 2.39. The Morgan fingerprint density at radius 1 is 1.06 bits per heavy atom. The summed E-state index contributed by atoms with van der Waals surface area (Å²) in [4.78, 5) is 2.39. The number of rotatable bonds is 1. The smallest absolute Gasteiger partial charge is 0.0169 e. The summed E-state index contributed by atoms with van der Waals surface area (Å²) in [6.45, 7) is 3.36. The first-order chi connectivity index (χ1) is 8.74. The van der Waals surface area contributed by atoms with Crippen molar-refractivity contribution >= 4 is 16.3 Å². The van der Waals surface area contributed by atoms with E-state index in [4.69, 9.17) is 0 Å². The number of benzene rings is 2. The molecule has 1 nitrogen and oxygen atoms in total. The topological polar surface area (TPSA) is 3.24 Å². The van der Waals surface area contributed by atoms with Gasteiger partial charge in [-0.3, -0.25) is 4.90 Å². The summed E-state index contributed by atoms with van der Waals surface area (Å²) in [6.07, 6.45) is 3.51. The quantitative estimate of drug-likeness (QED) is 0.726. The molecule has 2 aromatic carbocycles. The third-order valence-corrected chi connectivity index (χ3v) is 4.01. The van der Waals surface area contributed by atoms with Crippen molar-refractivity contribution in [3.8, 4) is 0 Å². The van der Waals surface area contributed by atoms with Crippen LogP contribution in [0.5, 0.6) is 0 Å². The third-order valence-electron chi connectivity index (χ3n) is 4.01. The first kappa shape index (κ1) is 11.5. The van der Waals surface area contributed by atoms with Gasteiger partial charge < -0.3 is 0 Å². The zero-order valence-electron chi connectivity index (χ0n) is 11.1. The van der Waals surface area contributed by atoms with Crippen molar-refractivity contribution in [2.75, 3.05) is 13.6 Å². The van der Waals surface area contributed by atoms with Gasteiger partial charge in [0.1, 0.15) is 0 Å². The summed E-state index contributed by atoms with van der Waals surface area (Å²) < 4.78 is 0. The molecule has 2 aromatic rings. The Morgan fingerprint density at radius 2 is 1.83 bits per heavy atom. The summed E-state index contributed by atoms with van der Waals surface area (Å²) in [5.74, 6) is 0. The largest absolute Gasteiger partial charge is 0.300 e. The first-order valence-corrected chi connectivity index (χ1v) is 6.62. The van der Waals surface area contributed by atoms with E-state index in [-0.39, 0.29) is 0 Å². The molecule has 0 aliphatic carbocycles. The molecule has 0 aromatic heterocycles. The van der Waals surface area contributed by atoms with Crippen LogP contribution < -0.4 is 0 Å². The molecule has 0 saturated heterocycles. The van der Waals surface area contributed by atoms with Crippen molar-refractivity contribution in [2.45, 2.75) is 19.4 Å². The molecule has 0 spiro atoms. The number of hydrogen-bond acceptors (Lipinski definition) is 1. The lowest BCUT2D eigenvalue weighted by Crippen LogP contribution is -2.32. The Morgan fingerprint density at radius 3 is 2.61 bits per heavy atom. The van der Waals surface area contributed by atoms with E-state index in [1.54, 1.807) is 0 Å². The normalized spacial score (nSPS) is 21.0. The lowest BCUT2D eigenvalue weighted by molar-refractivity contribution is 0.279. The van der Waals surface area contributed by atoms with Crippen LogP contribution in [-0.2, 0) is 0 Å². The SMILES string of the molecule is CC1CC(c2ccc3ccccc3c2)=CCN1C. The van der Waals surface area contributed by atoms with E-state index >= 15 is 0 Å². The predicted molar refractivity (Wildman–Crippen MR) is 78.6 cm³/mol. The zero-order valence-corrected chi connectivity index (χ0v) is 11.1. The number of nitrogens with zero attached hydrogens (tertiary/aromatic N) is 1. The molecule has 0 fully saturated rings. The molecule has 3 rings (SSSR count). The molecule has 1 unspecified atom stereocenters. The Kier molecular flexibility index (Phi) is 2.92. The molecule has 1 aliphatic rings. The number of fused-ring (bicyclic) bond motifs is 1. The third kappa shape index (κ3) is 2.06. The van der Waals surface area contributed by atoms with Crippen LogP contribution in [0.2, 0.25) is 0 Å². The van der Waals surface area contributed by atoms with Crippen molar-refractivity contribution in [2.24, 2.45) is 0 Å². The van der Waals surface area contributed by atoms with Gasteiger partial charge in [0.25, 0.3) is 0 Å². The molecule has 92 valence electrons. The van der Waals surface area contributed by atoms with Crippen molar-refractivity contribution in [3.05, 3.63) is 54.1 Å². The monoisotopic (exact) mass is 237 g/mol. The molecule has 18 heavy (non-hydrogen) atoms. The van der Waals surface area contributed by atoms with Gasteiger partial charge in [-0.1, -0.05) is 42.5 Å². The molecule has 1 aliphatic heterocycles. The van der Waals surface area contributed by atoms with Crippen LogP contribution in [0.1, 0.15) is 18.9 Å². The number of hydrogen-bond donors (Lipinski definition) is 0. The summed E-state index contributed by atoms with van der Waals surface area (Å²) in [5.41, 5.74) is 2.88. The van der Waals surface area contributed by atoms with Crippen molar-refractivity contribution in [1.82, 2.24) is 4.90 Å². The van der Waals surface area contributed by atoms with Gasteiger partial charge in [0.05, 0.1) is 0 Å². The van der Waals surface area contributed by atoms with Crippen molar-refractivity contribution in [1.29, 1.82) is 0 Å². The fourth-order valence-corrected chi connectivity index (χ4v) is 2.62. The summed E-state index contributed by atoms with van der Waals surface area (Å²) in [6, 6.07) is 16.0. The second-order valence-corrected chi connectivity index (χ2v) is 5.28. The standard InChI is InChI=1S/C17H19N/c1-13-11-17(9-10-18(13)2)16-8-7-14-5-3-4-6-15(14)12-16/h3-9,12-13H,10-11H2,1-2H3. The summed E-state index contributed by atoms with van der Waals surface area (Å²) in [7, 11) is 2.19. The van der Waals surface area contributed by atoms with E-state index in [1.165, 1.54) is 21.9 Å². The van der Waals surface area contributed by atoms with Crippen LogP contribution in [-0.4, -0.2) is 24.5 Å². The average Bonchev–Trinajstić information content (AvgIpc) is 2.41. The highest BCUT2D eigenvalue weighted by Gasteiger charge is 2.16. The minimum atomic E-state index is 0.636. The molecule has 1 heteroatoms. The highest BCUT2D eigenvalue weighted by Crippen LogP contribution is 2.27. The fourth-order valence-electron chi connectivity index (χ4n) is 2.62. The second kappa shape index (κ2) is 4.58. The Balaban J connectivity index is 2.00. The van der Waals surface area contributed by atoms with E-state index in [2.05, 4.69) is 67.4 Å². The van der Waals surface area contributed by atoms with Gasteiger partial charge in [-0.05, 0) is 48.4 Å². The van der Waals surface area contributed by atoms with E-state index in [0.29, 0.717) is 6.04 Å². The van der Waals surface area contributed by atoms with Crippen LogP contribution in [0.3, 0.4) is 0 Å². The Hall–Kier alpha value is -1.60. The molecule has 0 radical (unpaired) electrons. The van der Waals surface area contributed by atoms with Crippen LogP contribution in [0, 0.1) is 0 Å². The van der Waals surface area contributed by atoms with Gasteiger partial charge in [0, 0.05) is 12.6 Å². The lowest BCUT2D eigenvalue weighted by Gasteiger charge is -2.29. The van der Waals surface area contributed by atoms with E-state index in [0.717, 1.165) is 13.0 Å². The van der Waals surface area contributed by atoms with Crippen LogP contribution >= 0.6 is 0 Å². The Labute approximate surface area is 109 Å². The lowest BCUT2D eigenvalue weighted by atomic mass is 9.93. The van der Waals surface area contributed by atoms with Crippen molar-refractivity contribution < 1.29 is 0 Å². The van der Waals surface area contributed by atoms with Crippen LogP contribution in [0.4, 0.5) is 0 Å². The maximum absolute atomic E-state index is 2.39. The number of likely N-dealkylation sites (N-methyl/N-ethyl adjacent to an activating group) is 1. The van der Waals surface area contributed by atoms with E-state index in [1.807, 2.05) is 0 Å². The molecular formula is C17H19N. The van der Waals surface area contributed by atoms with Crippen LogP contribution in [0.25, 0.3) is 16.3 Å². The minimum absolute atomic E-state index is 0.636. The summed E-state index contributed by atoms with van der Waals surface area (Å²) in [5, 5.41) is 2.66. The Bertz CT molecular complexity index is 597. The van der Waals surface area contributed by atoms with Gasteiger partial charge in [-0.2, -0.15) is 0 Å². The minimum Gasteiger partial charge on any atom is -0.300 e. The first-order valence-electron chi connectivity index (χ1n) is 6.62. The predicted octanol–water partition coefficient (Wildman–Crippen LogP) is 3.95. The van der Waals surface area contributed by atoms with E-state index in [9.17, 15) is 0 Å². The van der Waals surface area contributed by atoms with Crippen molar-refractivity contribution in [3.63, 3.8) is 0 Å². The average molecular weight is 237 g/mol. The van der Waals surface area contributed by atoms with Gasteiger partial charge in [0.2, 0.25) is 0 Å². The molecule has 0 amide bonds. The molecular weight excluding hydrogens is 218 g/mol. The molecule has 1 heterocycles. The summed E-state index contributed by atoms with van der Waals surface area (Å²) >= 11 is 0. The highest BCUT2D eigenvalue weighted by molar-refractivity contribution is 5.86.